The largest absolute Gasteiger partial charge is 0.494 e. The Morgan fingerprint density at radius 2 is 1.79 bits per heavy atom. The van der Waals surface area contributed by atoms with Gasteiger partial charge in [0.25, 0.3) is 5.71 Å². The van der Waals surface area contributed by atoms with Gasteiger partial charge in [0.1, 0.15) is 24.7 Å². The number of hydrogen-bond acceptors (Lipinski definition) is 7. The third kappa shape index (κ3) is 4.50. The van der Waals surface area contributed by atoms with E-state index in [1.165, 1.54) is 0 Å². The molecule has 7 heteroatoms. The maximum atomic E-state index is 12.7. The van der Waals surface area contributed by atoms with Crippen LogP contribution in [0.15, 0.2) is 34.9 Å². The molecule has 0 unspecified atom stereocenters. The van der Waals surface area contributed by atoms with E-state index >= 15 is 0 Å². The Balaban J connectivity index is 1.35. The molecule has 0 saturated heterocycles. The number of carbonyl (C=O) groups excluding carboxylic acids is 1. The van der Waals surface area contributed by atoms with Gasteiger partial charge >= 0.3 is 5.97 Å². The molecule has 1 aliphatic rings. The van der Waals surface area contributed by atoms with Gasteiger partial charge in [-0.3, -0.25) is 0 Å². The van der Waals surface area contributed by atoms with Crippen molar-refractivity contribution in [2.45, 2.75) is 39.0 Å². The van der Waals surface area contributed by atoms with E-state index in [2.05, 4.69) is 17.1 Å². The van der Waals surface area contributed by atoms with Gasteiger partial charge in [-0.1, -0.05) is 12.1 Å². The molecule has 1 fully saturated rings. The maximum absolute atomic E-state index is 12.7. The molecule has 0 N–H and O–H groups in total. The van der Waals surface area contributed by atoms with Crippen LogP contribution < -0.4 is 9.47 Å². The first-order valence-corrected chi connectivity index (χ1v) is 9.95. The molecule has 1 saturated carbocycles. The van der Waals surface area contributed by atoms with Gasteiger partial charge in [-0.15, -0.1) is 0 Å². The summed E-state index contributed by atoms with van der Waals surface area (Å²) in [4.78, 5) is 17.2. The minimum Gasteiger partial charge on any atom is -0.494 e. The van der Waals surface area contributed by atoms with Crippen LogP contribution in [-0.4, -0.2) is 35.9 Å². The zero-order chi connectivity index (χ0) is 20.2. The van der Waals surface area contributed by atoms with E-state index in [1.54, 1.807) is 6.92 Å². The number of nitrogens with zero attached hydrogens (tertiary/aromatic N) is 2. The number of carbonyl (C=O) groups is 1. The zero-order valence-electron chi connectivity index (χ0n) is 16.6. The summed E-state index contributed by atoms with van der Waals surface area (Å²) in [6.45, 7) is 4.94. The van der Waals surface area contributed by atoms with Crippen LogP contribution in [0.3, 0.4) is 0 Å². The third-order valence-electron chi connectivity index (χ3n) is 4.73. The molecule has 0 spiro atoms. The number of pyridine rings is 1. The van der Waals surface area contributed by atoms with E-state index in [-0.39, 0.29) is 13.2 Å². The lowest BCUT2D eigenvalue weighted by Gasteiger charge is -2.10. The highest BCUT2D eigenvalue weighted by atomic mass is 16.6. The average molecular weight is 396 g/mol. The Bertz CT molecular complexity index is 992. The SMILES string of the molecule is CCCOc1ccc(OCCOC(=O)c2cc(C3CC3)nc3onc(C)c23)cc1. The van der Waals surface area contributed by atoms with Gasteiger partial charge in [-0.2, -0.15) is 0 Å². The fourth-order valence-corrected chi connectivity index (χ4v) is 3.09. The van der Waals surface area contributed by atoms with Crippen molar-refractivity contribution in [3.63, 3.8) is 0 Å². The highest BCUT2D eigenvalue weighted by molar-refractivity contribution is 6.03. The van der Waals surface area contributed by atoms with Crippen LogP contribution in [0.2, 0.25) is 0 Å². The molecule has 29 heavy (non-hydrogen) atoms. The zero-order valence-corrected chi connectivity index (χ0v) is 16.6. The molecule has 1 aliphatic carbocycles. The summed E-state index contributed by atoms with van der Waals surface area (Å²) in [6.07, 6.45) is 3.12. The minimum atomic E-state index is -0.419. The summed E-state index contributed by atoms with van der Waals surface area (Å²) in [6, 6.07) is 9.20. The van der Waals surface area contributed by atoms with Gasteiger partial charge in [0.15, 0.2) is 0 Å². The number of rotatable bonds is 9. The van der Waals surface area contributed by atoms with E-state index in [0.717, 1.165) is 30.7 Å². The first-order chi connectivity index (χ1) is 14.2. The quantitative estimate of drug-likeness (QED) is 0.391. The molecule has 2 aromatic heterocycles. The van der Waals surface area contributed by atoms with Crippen molar-refractivity contribution in [2.75, 3.05) is 19.8 Å². The highest BCUT2D eigenvalue weighted by Gasteiger charge is 2.29. The lowest BCUT2D eigenvalue weighted by atomic mass is 10.1. The molecule has 1 aromatic carbocycles. The molecule has 7 nitrogen and oxygen atoms in total. The minimum absolute atomic E-state index is 0.139. The van der Waals surface area contributed by atoms with Gasteiger partial charge in [-0.25, -0.2) is 9.78 Å². The van der Waals surface area contributed by atoms with Crippen molar-refractivity contribution in [3.05, 3.63) is 47.3 Å². The summed E-state index contributed by atoms with van der Waals surface area (Å²) in [7, 11) is 0. The van der Waals surface area contributed by atoms with Crippen LogP contribution in [0.4, 0.5) is 0 Å². The molecule has 0 radical (unpaired) electrons. The summed E-state index contributed by atoms with van der Waals surface area (Å²) < 4.78 is 21.9. The second-order valence-corrected chi connectivity index (χ2v) is 7.12. The lowest BCUT2D eigenvalue weighted by Crippen LogP contribution is -2.13. The van der Waals surface area contributed by atoms with Crippen LogP contribution in [-0.2, 0) is 4.74 Å². The standard InChI is InChI=1S/C22H24N2O5/c1-3-10-26-16-6-8-17(9-7-16)27-11-12-28-22(25)18-13-19(15-4-5-15)23-21-20(18)14(2)24-29-21/h6-9,13,15H,3-5,10-12H2,1-2H3. The van der Waals surface area contributed by atoms with Crippen LogP contribution in [0, 0.1) is 6.92 Å². The van der Waals surface area contributed by atoms with Gasteiger partial charge in [0.2, 0.25) is 0 Å². The summed E-state index contributed by atoms with van der Waals surface area (Å²) in [5.74, 6) is 1.48. The molecule has 0 atom stereocenters. The van der Waals surface area contributed by atoms with Gasteiger partial charge in [0, 0.05) is 11.6 Å². The highest BCUT2D eigenvalue weighted by Crippen LogP contribution is 2.40. The monoisotopic (exact) mass is 396 g/mol. The Kier molecular flexibility index (Phi) is 5.64. The van der Waals surface area contributed by atoms with Crippen molar-refractivity contribution in [3.8, 4) is 11.5 Å². The molecule has 0 amide bonds. The van der Waals surface area contributed by atoms with Crippen molar-refractivity contribution < 1.29 is 23.5 Å². The van der Waals surface area contributed by atoms with Gasteiger partial charge in [0.05, 0.1) is 23.3 Å². The summed E-state index contributed by atoms with van der Waals surface area (Å²) in [5, 5.41) is 4.56. The number of aromatic nitrogens is 2. The van der Waals surface area contributed by atoms with Crippen molar-refractivity contribution in [2.24, 2.45) is 0 Å². The molecular weight excluding hydrogens is 372 g/mol. The van der Waals surface area contributed by atoms with E-state index in [9.17, 15) is 4.79 Å². The number of esters is 1. The normalized spacial score (nSPS) is 13.4. The summed E-state index contributed by atoms with van der Waals surface area (Å²) >= 11 is 0. The average Bonchev–Trinajstić information content (AvgIpc) is 3.53. The predicted octanol–water partition coefficient (Wildman–Crippen LogP) is 4.43. The van der Waals surface area contributed by atoms with Gasteiger partial charge in [-0.05, 0) is 56.5 Å². The van der Waals surface area contributed by atoms with Crippen molar-refractivity contribution >= 4 is 17.1 Å². The number of ether oxygens (including phenoxy) is 3. The topological polar surface area (TPSA) is 83.7 Å². The second kappa shape index (κ2) is 8.51. The van der Waals surface area contributed by atoms with Crippen LogP contribution in [0.1, 0.15) is 53.8 Å². The molecular formula is C22H24N2O5. The second-order valence-electron chi connectivity index (χ2n) is 7.12. The molecule has 4 rings (SSSR count). The molecule has 3 aromatic rings. The van der Waals surface area contributed by atoms with E-state index in [1.807, 2.05) is 30.3 Å². The fourth-order valence-electron chi connectivity index (χ4n) is 3.09. The molecule has 152 valence electrons. The molecule has 2 heterocycles. The molecule has 0 aliphatic heterocycles. The Morgan fingerprint density at radius 1 is 1.10 bits per heavy atom. The van der Waals surface area contributed by atoms with E-state index < -0.39 is 5.97 Å². The van der Waals surface area contributed by atoms with E-state index in [0.29, 0.717) is 40.6 Å². The number of fused-ring (bicyclic) bond motifs is 1. The number of benzene rings is 1. The fraction of sp³-hybridized carbons (Fsp3) is 0.409. The lowest BCUT2D eigenvalue weighted by molar-refractivity contribution is 0.0452. The van der Waals surface area contributed by atoms with E-state index in [4.69, 9.17) is 18.7 Å². The summed E-state index contributed by atoms with van der Waals surface area (Å²) in [5.41, 5.74) is 2.33. The Morgan fingerprint density at radius 3 is 2.45 bits per heavy atom. The predicted molar refractivity (Wildman–Crippen MR) is 107 cm³/mol. The smallest absolute Gasteiger partial charge is 0.339 e. The van der Waals surface area contributed by atoms with Crippen LogP contribution >= 0.6 is 0 Å². The Hall–Kier alpha value is -3.09. The number of hydrogen-bond donors (Lipinski definition) is 0. The maximum Gasteiger partial charge on any atom is 0.339 e. The first-order valence-electron chi connectivity index (χ1n) is 9.95. The first kappa shape index (κ1) is 19.2. The van der Waals surface area contributed by atoms with Crippen LogP contribution in [0.25, 0.3) is 11.1 Å². The number of aryl methyl sites for hydroxylation is 1. The van der Waals surface area contributed by atoms with Crippen LogP contribution in [0.5, 0.6) is 11.5 Å². The third-order valence-corrected chi connectivity index (χ3v) is 4.73. The van der Waals surface area contributed by atoms with Crippen molar-refractivity contribution in [1.29, 1.82) is 0 Å². The van der Waals surface area contributed by atoms with Gasteiger partial charge < -0.3 is 18.7 Å². The Labute approximate surface area is 169 Å². The molecule has 0 bridgehead atoms. The van der Waals surface area contributed by atoms with Crippen molar-refractivity contribution in [1.82, 2.24) is 10.1 Å².